The number of thiazole rings is 1. The van der Waals surface area contributed by atoms with Gasteiger partial charge in [-0.15, -0.1) is 11.3 Å². The molecule has 2 aromatic heterocycles. The van der Waals surface area contributed by atoms with Crippen LogP contribution in [0.25, 0.3) is 10.6 Å². The molecule has 0 aliphatic carbocycles. The molecular weight excluding hydrogens is 328 g/mol. The number of aromatic nitrogens is 1. The summed E-state index contributed by atoms with van der Waals surface area (Å²) in [4.78, 5) is 28.3. The first-order chi connectivity index (χ1) is 11.7. The Bertz CT molecular complexity index is 855. The van der Waals surface area contributed by atoms with Crippen molar-refractivity contribution in [2.75, 3.05) is 11.9 Å². The summed E-state index contributed by atoms with van der Waals surface area (Å²) in [5.41, 5.74) is 2.01. The molecular formula is C17H14N2O4S. The van der Waals surface area contributed by atoms with Crippen molar-refractivity contribution in [2.45, 2.75) is 6.92 Å². The molecule has 1 aromatic carbocycles. The average Bonchev–Trinajstić information content (AvgIpc) is 3.26. The molecule has 24 heavy (non-hydrogen) atoms. The summed E-state index contributed by atoms with van der Waals surface area (Å²) in [6.07, 6.45) is 3.13. The van der Waals surface area contributed by atoms with E-state index in [0.29, 0.717) is 28.6 Å². The summed E-state index contributed by atoms with van der Waals surface area (Å²) in [7, 11) is 0. The molecule has 7 heteroatoms. The molecule has 6 nitrogen and oxygen atoms in total. The summed E-state index contributed by atoms with van der Waals surface area (Å²) < 4.78 is 9.96. The summed E-state index contributed by atoms with van der Waals surface area (Å²) in [5.74, 6) is -0.772. The zero-order chi connectivity index (χ0) is 16.9. The van der Waals surface area contributed by atoms with E-state index in [1.165, 1.54) is 11.3 Å². The van der Waals surface area contributed by atoms with Crippen LogP contribution in [-0.4, -0.2) is 23.5 Å². The Morgan fingerprint density at radius 3 is 2.96 bits per heavy atom. The number of nitrogens with zero attached hydrogens (tertiary/aromatic N) is 1. The Balaban J connectivity index is 1.73. The lowest BCUT2D eigenvalue weighted by Crippen LogP contribution is -2.13. The lowest BCUT2D eigenvalue weighted by Gasteiger charge is -2.06. The number of ether oxygens (including phenoxy) is 1. The van der Waals surface area contributed by atoms with E-state index in [9.17, 15) is 9.59 Å². The number of anilines is 1. The highest BCUT2D eigenvalue weighted by atomic mass is 32.1. The zero-order valence-electron chi connectivity index (χ0n) is 12.8. The summed E-state index contributed by atoms with van der Waals surface area (Å²) in [6.45, 7) is 2.04. The van der Waals surface area contributed by atoms with Crippen LogP contribution in [0.2, 0.25) is 0 Å². The fraction of sp³-hybridized carbons (Fsp3) is 0.118. The van der Waals surface area contributed by atoms with Gasteiger partial charge >= 0.3 is 5.97 Å². The van der Waals surface area contributed by atoms with Crippen molar-refractivity contribution >= 4 is 28.9 Å². The second-order valence-corrected chi connectivity index (χ2v) is 5.66. The monoisotopic (exact) mass is 342 g/mol. The standard InChI is InChI=1S/C17H14N2O4S/c1-2-23-17(21)11-4-3-5-13(8-11)18-15(20)14-10-24-16(19-14)12-6-7-22-9-12/h3-10H,2H2,1H3,(H,18,20). The Morgan fingerprint density at radius 1 is 1.33 bits per heavy atom. The number of furan rings is 1. The Hall–Kier alpha value is -2.93. The predicted octanol–water partition coefficient (Wildman–Crippen LogP) is 3.83. The third-order valence-corrected chi connectivity index (χ3v) is 4.03. The van der Waals surface area contributed by atoms with E-state index >= 15 is 0 Å². The normalized spacial score (nSPS) is 10.4. The van der Waals surface area contributed by atoms with Crippen LogP contribution in [0, 0.1) is 0 Å². The van der Waals surface area contributed by atoms with Crippen LogP contribution in [0.1, 0.15) is 27.8 Å². The van der Waals surface area contributed by atoms with Gasteiger partial charge in [0.2, 0.25) is 0 Å². The molecule has 2 heterocycles. The highest BCUT2D eigenvalue weighted by Gasteiger charge is 2.14. The molecule has 0 saturated carbocycles. The van der Waals surface area contributed by atoms with Crippen molar-refractivity contribution in [1.82, 2.24) is 4.98 Å². The number of hydrogen-bond acceptors (Lipinski definition) is 6. The van der Waals surface area contributed by atoms with Crippen molar-refractivity contribution in [3.8, 4) is 10.6 Å². The van der Waals surface area contributed by atoms with Crippen LogP contribution in [0.5, 0.6) is 0 Å². The minimum atomic E-state index is -0.426. The minimum Gasteiger partial charge on any atom is -0.472 e. The van der Waals surface area contributed by atoms with Crippen LogP contribution in [0.15, 0.2) is 52.7 Å². The molecule has 0 fully saturated rings. The van der Waals surface area contributed by atoms with Gasteiger partial charge in [-0.25, -0.2) is 9.78 Å². The molecule has 3 aromatic rings. The number of carbonyl (C=O) groups is 2. The molecule has 0 saturated heterocycles. The first-order valence-corrected chi connectivity index (χ1v) is 8.12. The maximum absolute atomic E-state index is 12.3. The van der Waals surface area contributed by atoms with Crippen molar-refractivity contribution in [1.29, 1.82) is 0 Å². The summed E-state index contributed by atoms with van der Waals surface area (Å²) >= 11 is 1.35. The number of esters is 1. The molecule has 1 N–H and O–H groups in total. The zero-order valence-corrected chi connectivity index (χ0v) is 13.6. The van der Waals surface area contributed by atoms with Crippen molar-refractivity contribution < 1.29 is 18.7 Å². The van der Waals surface area contributed by atoms with Crippen molar-refractivity contribution in [3.63, 3.8) is 0 Å². The van der Waals surface area contributed by atoms with Gasteiger partial charge in [0.15, 0.2) is 0 Å². The smallest absolute Gasteiger partial charge is 0.338 e. The molecule has 0 aliphatic heterocycles. The third-order valence-electron chi connectivity index (χ3n) is 3.14. The molecule has 122 valence electrons. The van der Waals surface area contributed by atoms with Crippen molar-refractivity contribution in [2.24, 2.45) is 0 Å². The fourth-order valence-electron chi connectivity index (χ4n) is 2.03. The molecule has 0 spiro atoms. The quantitative estimate of drug-likeness (QED) is 0.713. The first kappa shape index (κ1) is 15.9. The molecule has 3 rings (SSSR count). The first-order valence-electron chi connectivity index (χ1n) is 7.24. The number of rotatable bonds is 5. The average molecular weight is 342 g/mol. The van der Waals surface area contributed by atoms with Gasteiger partial charge in [0, 0.05) is 16.6 Å². The van der Waals surface area contributed by atoms with Crippen molar-refractivity contribution in [3.05, 3.63) is 59.5 Å². The Morgan fingerprint density at radius 2 is 2.21 bits per heavy atom. The van der Waals surface area contributed by atoms with E-state index in [2.05, 4.69) is 10.3 Å². The predicted molar refractivity (Wildman–Crippen MR) is 90.2 cm³/mol. The third kappa shape index (κ3) is 3.52. The Kier molecular flexibility index (Phi) is 4.72. The summed E-state index contributed by atoms with van der Waals surface area (Å²) in [6, 6.07) is 8.36. The minimum absolute atomic E-state index is 0.297. The highest BCUT2D eigenvalue weighted by Crippen LogP contribution is 2.24. The maximum Gasteiger partial charge on any atom is 0.338 e. The number of amides is 1. The number of carbonyl (C=O) groups excluding carboxylic acids is 2. The molecule has 0 bridgehead atoms. The SMILES string of the molecule is CCOC(=O)c1cccc(NC(=O)c2csc(-c3ccoc3)n2)c1. The van der Waals surface area contributed by atoms with Crippen LogP contribution >= 0.6 is 11.3 Å². The van der Waals surface area contributed by atoms with E-state index in [4.69, 9.17) is 9.15 Å². The van der Waals surface area contributed by atoms with Crippen LogP contribution in [0.4, 0.5) is 5.69 Å². The molecule has 1 amide bonds. The maximum atomic E-state index is 12.3. The number of nitrogens with one attached hydrogen (secondary N) is 1. The van der Waals surface area contributed by atoms with E-state index in [0.717, 1.165) is 5.56 Å². The van der Waals surface area contributed by atoms with Gasteiger partial charge in [-0.3, -0.25) is 4.79 Å². The lowest BCUT2D eigenvalue weighted by molar-refractivity contribution is 0.0526. The van der Waals surface area contributed by atoms with Gasteiger partial charge in [0.1, 0.15) is 17.0 Å². The van der Waals surface area contributed by atoms with Gasteiger partial charge in [-0.2, -0.15) is 0 Å². The van der Waals surface area contributed by atoms with Gasteiger partial charge in [-0.1, -0.05) is 6.07 Å². The topological polar surface area (TPSA) is 81.4 Å². The second kappa shape index (κ2) is 7.10. The largest absolute Gasteiger partial charge is 0.472 e. The number of benzene rings is 1. The summed E-state index contributed by atoms with van der Waals surface area (Å²) in [5, 5.41) is 5.10. The van der Waals surface area contributed by atoms with Crippen LogP contribution in [0.3, 0.4) is 0 Å². The highest BCUT2D eigenvalue weighted by molar-refractivity contribution is 7.13. The van der Waals surface area contributed by atoms with E-state index < -0.39 is 5.97 Å². The lowest BCUT2D eigenvalue weighted by atomic mass is 10.2. The molecule has 0 radical (unpaired) electrons. The van der Waals surface area contributed by atoms with Gasteiger partial charge in [-0.05, 0) is 31.2 Å². The molecule has 0 unspecified atom stereocenters. The van der Waals surface area contributed by atoms with E-state index in [-0.39, 0.29) is 5.91 Å². The van der Waals surface area contributed by atoms with Gasteiger partial charge in [0.05, 0.1) is 18.4 Å². The number of hydrogen-bond donors (Lipinski definition) is 1. The van der Waals surface area contributed by atoms with Crippen LogP contribution < -0.4 is 5.32 Å². The van der Waals surface area contributed by atoms with Crippen LogP contribution in [-0.2, 0) is 4.74 Å². The van der Waals surface area contributed by atoms with Gasteiger partial charge in [0.25, 0.3) is 5.91 Å². The molecule has 0 atom stereocenters. The van der Waals surface area contributed by atoms with E-state index in [1.54, 1.807) is 55.2 Å². The second-order valence-electron chi connectivity index (χ2n) is 4.81. The molecule has 0 aliphatic rings. The van der Waals surface area contributed by atoms with Gasteiger partial charge < -0.3 is 14.5 Å². The Labute approximate surface area is 142 Å². The fourth-order valence-corrected chi connectivity index (χ4v) is 2.82. The van der Waals surface area contributed by atoms with E-state index in [1.807, 2.05) is 0 Å².